The van der Waals surface area contributed by atoms with Crippen molar-refractivity contribution in [2.24, 2.45) is 4.99 Å². The Balaban J connectivity index is 0.936. The molecule has 0 saturated heterocycles. The molecule has 0 fully saturated rings. The summed E-state index contributed by atoms with van der Waals surface area (Å²) >= 11 is 0. The van der Waals surface area contributed by atoms with Gasteiger partial charge in [0.05, 0.1) is 29.3 Å². The van der Waals surface area contributed by atoms with Gasteiger partial charge in [-0.3, -0.25) is 29.6 Å². The molecular weight excluding hydrogens is 681 g/mol. The highest BCUT2D eigenvalue weighted by Gasteiger charge is 2.38. The molecular formula is C44H38N4O6. The van der Waals surface area contributed by atoms with Gasteiger partial charge in [-0.1, -0.05) is 42.5 Å². The molecule has 2 amide bonds. The van der Waals surface area contributed by atoms with Crippen molar-refractivity contribution in [1.29, 1.82) is 0 Å². The van der Waals surface area contributed by atoms with Crippen LogP contribution in [-0.2, 0) is 38.7 Å². The van der Waals surface area contributed by atoms with E-state index in [9.17, 15) is 19.7 Å². The summed E-state index contributed by atoms with van der Waals surface area (Å²) in [4.78, 5) is 47.9. The van der Waals surface area contributed by atoms with Crippen LogP contribution in [0.25, 0.3) is 0 Å². The zero-order valence-electron chi connectivity index (χ0n) is 30.1. The third-order valence-electron chi connectivity index (χ3n) is 11.3. The minimum Gasteiger partial charge on any atom is -0.493 e. The Bertz CT molecular complexity index is 2420. The van der Waals surface area contributed by atoms with Crippen LogP contribution in [0.2, 0.25) is 0 Å². The highest BCUT2D eigenvalue weighted by molar-refractivity contribution is 6.14. The minimum atomic E-state index is -0.385. The van der Waals surface area contributed by atoms with E-state index in [-0.39, 0.29) is 41.1 Å². The Hall–Kier alpha value is -6.29. The number of nitro groups is 1. The molecule has 4 aliphatic rings. The molecule has 0 radical (unpaired) electrons. The molecule has 0 spiro atoms. The number of rotatable bonds is 8. The van der Waals surface area contributed by atoms with E-state index >= 15 is 0 Å². The summed E-state index contributed by atoms with van der Waals surface area (Å²) in [5.41, 5.74) is 10.4. The van der Waals surface area contributed by atoms with Gasteiger partial charge < -0.3 is 14.4 Å². The van der Waals surface area contributed by atoms with Crippen LogP contribution in [0, 0.1) is 17.0 Å². The molecule has 2 atom stereocenters. The normalized spacial score (nSPS) is 17.8. The summed E-state index contributed by atoms with van der Waals surface area (Å²) < 4.78 is 12.0. The molecule has 10 heteroatoms. The molecule has 0 aliphatic carbocycles. The average molecular weight is 719 g/mol. The lowest BCUT2D eigenvalue weighted by Crippen LogP contribution is -2.37. The standard InChI is InChI=1S/C44H38N4O6/c1-26-15-37-38(45-24-35-20-32-8-4-6-10-40(32)47(35)44(37)50)21-29(26)12-11-27-16-28(18-34(17-27)48(51)52)25-54-42-22-30-13-14-33-19-31-7-3-5-9-39(31)46(33)43(49)36(30)23-41(42)53-2/h3-10,15-18,21-24,33,35H,11-14,19-20,25H2,1-2H3/t33-,35+/m1/s1. The van der Waals surface area contributed by atoms with Crippen LogP contribution in [0.5, 0.6) is 11.5 Å². The van der Waals surface area contributed by atoms with Gasteiger partial charge in [0, 0.05) is 47.7 Å². The fraction of sp³-hybridized carbons (Fsp3) is 0.250. The number of carbonyl (C=O) groups excluding carboxylic acids is 2. The molecule has 0 aromatic heterocycles. The van der Waals surface area contributed by atoms with Gasteiger partial charge >= 0.3 is 0 Å². The Labute approximate surface area is 312 Å². The minimum absolute atomic E-state index is 0.0128. The summed E-state index contributed by atoms with van der Waals surface area (Å²) in [7, 11) is 1.54. The van der Waals surface area contributed by atoms with Crippen LogP contribution in [-0.4, -0.2) is 42.1 Å². The number of methoxy groups -OCH3 is 1. The average Bonchev–Trinajstić information content (AvgIpc) is 3.67. The van der Waals surface area contributed by atoms with Crippen LogP contribution in [0.3, 0.4) is 0 Å². The van der Waals surface area contributed by atoms with Crippen molar-refractivity contribution >= 4 is 40.8 Å². The third kappa shape index (κ3) is 5.78. The summed E-state index contributed by atoms with van der Waals surface area (Å²) in [6.07, 6.45) is 6.12. The van der Waals surface area contributed by atoms with Crippen LogP contribution in [0.1, 0.15) is 66.1 Å². The number of para-hydroxylation sites is 2. The molecule has 0 bridgehead atoms. The number of fused-ring (bicyclic) bond motifs is 8. The van der Waals surface area contributed by atoms with Crippen molar-refractivity contribution in [3.8, 4) is 11.5 Å². The van der Waals surface area contributed by atoms with Gasteiger partial charge in [0.2, 0.25) is 0 Å². The van der Waals surface area contributed by atoms with Gasteiger partial charge in [-0.2, -0.15) is 0 Å². The first-order chi connectivity index (χ1) is 26.2. The zero-order chi connectivity index (χ0) is 37.1. The first kappa shape index (κ1) is 33.5. The number of aliphatic imine (C=N–C) groups is 1. The molecule has 270 valence electrons. The molecule has 0 N–H and O–H groups in total. The van der Waals surface area contributed by atoms with Gasteiger partial charge in [0.1, 0.15) is 6.61 Å². The van der Waals surface area contributed by atoms with Crippen molar-refractivity contribution in [2.75, 3.05) is 16.9 Å². The van der Waals surface area contributed by atoms with Crippen molar-refractivity contribution in [2.45, 2.75) is 64.1 Å². The van der Waals surface area contributed by atoms with Crippen LogP contribution < -0.4 is 19.3 Å². The smallest absolute Gasteiger partial charge is 0.270 e. The lowest BCUT2D eigenvalue weighted by molar-refractivity contribution is -0.385. The molecule has 9 rings (SSSR count). The number of ether oxygens (including phenoxy) is 2. The van der Waals surface area contributed by atoms with Crippen molar-refractivity contribution in [3.63, 3.8) is 0 Å². The second kappa shape index (κ2) is 13.3. The van der Waals surface area contributed by atoms with Gasteiger partial charge in [-0.25, -0.2) is 0 Å². The van der Waals surface area contributed by atoms with Gasteiger partial charge in [-0.05, 0) is 114 Å². The highest BCUT2D eigenvalue weighted by Crippen LogP contribution is 2.41. The highest BCUT2D eigenvalue weighted by atomic mass is 16.6. The van der Waals surface area contributed by atoms with E-state index in [2.05, 4.69) is 12.1 Å². The molecule has 5 aromatic rings. The maximum atomic E-state index is 13.9. The quantitative estimate of drug-likeness (QED) is 0.118. The largest absolute Gasteiger partial charge is 0.493 e. The van der Waals surface area contributed by atoms with E-state index in [1.165, 1.54) is 11.6 Å². The number of amides is 2. The second-order valence-corrected chi connectivity index (χ2v) is 14.6. The molecule has 4 aliphatic heterocycles. The second-order valence-electron chi connectivity index (χ2n) is 14.6. The van der Waals surface area contributed by atoms with E-state index < -0.39 is 0 Å². The van der Waals surface area contributed by atoms with Gasteiger partial charge in [0.15, 0.2) is 11.5 Å². The number of aryl methyl sites for hydroxylation is 4. The number of non-ortho nitro benzene ring substituents is 1. The van der Waals surface area contributed by atoms with Crippen LogP contribution in [0.4, 0.5) is 22.7 Å². The Morgan fingerprint density at radius 1 is 0.796 bits per heavy atom. The van der Waals surface area contributed by atoms with Gasteiger partial charge in [-0.15, -0.1) is 0 Å². The number of anilines is 2. The lowest BCUT2D eigenvalue weighted by Gasteiger charge is -2.23. The predicted octanol–water partition coefficient (Wildman–Crippen LogP) is 8.08. The lowest BCUT2D eigenvalue weighted by atomic mass is 9.96. The molecule has 0 unspecified atom stereocenters. The molecule has 5 aromatic carbocycles. The first-order valence-electron chi connectivity index (χ1n) is 18.4. The van der Waals surface area contributed by atoms with E-state index in [1.807, 2.05) is 83.6 Å². The summed E-state index contributed by atoms with van der Waals surface area (Å²) in [5, 5.41) is 12.0. The number of hydrogen-bond donors (Lipinski definition) is 0. The maximum Gasteiger partial charge on any atom is 0.270 e. The molecule has 54 heavy (non-hydrogen) atoms. The summed E-state index contributed by atoms with van der Waals surface area (Å²) in [6, 6.07) is 28.7. The number of benzene rings is 5. The summed E-state index contributed by atoms with van der Waals surface area (Å²) in [6.45, 7) is 2.07. The van der Waals surface area contributed by atoms with E-state index in [0.717, 1.165) is 58.5 Å². The van der Waals surface area contributed by atoms with Crippen molar-refractivity contribution in [1.82, 2.24) is 0 Å². The predicted molar refractivity (Wildman–Crippen MR) is 207 cm³/mol. The fourth-order valence-electron chi connectivity index (χ4n) is 8.59. The number of hydrogen-bond acceptors (Lipinski definition) is 7. The Morgan fingerprint density at radius 3 is 2.30 bits per heavy atom. The zero-order valence-corrected chi connectivity index (χ0v) is 30.1. The Morgan fingerprint density at radius 2 is 1.52 bits per heavy atom. The number of nitro benzene ring substituents is 1. The molecule has 0 saturated carbocycles. The maximum absolute atomic E-state index is 13.9. The van der Waals surface area contributed by atoms with Crippen molar-refractivity contribution in [3.05, 3.63) is 151 Å². The van der Waals surface area contributed by atoms with Crippen LogP contribution >= 0.6 is 0 Å². The fourth-order valence-corrected chi connectivity index (χ4v) is 8.59. The topological polar surface area (TPSA) is 115 Å². The molecule has 4 heterocycles. The van der Waals surface area contributed by atoms with E-state index in [0.29, 0.717) is 53.1 Å². The SMILES string of the molecule is COc1cc2c(cc1OCc1cc(CCc3cc4c(cc3C)C(=O)N3c5ccccc5C[C@H]3C=N4)cc([N+](=O)[O-])c1)CC[C@@H]1Cc3ccccc3N1C2=O. The summed E-state index contributed by atoms with van der Waals surface area (Å²) in [5.74, 6) is 0.821. The van der Waals surface area contributed by atoms with Crippen molar-refractivity contribution < 1.29 is 24.0 Å². The Kier molecular flexibility index (Phi) is 8.25. The third-order valence-corrected chi connectivity index (χ3v) is 11.3. The molecule has 10 nitrogen and oxygen atoms in total. The number of carbonyl (C=O) groups is 2. The monoisotopic (exact) mass is 718 g/mol. The van der Waals surface area contributed by atoms with Crippen LogP contribution in [0.15, 0.2) is 96.0 Å². The number of nitrogens with zero attached hydrogens (tertiary/aromatic N) is 4. The van der Waals surface area contributed by atoms with E-state index in [4.69, 9.17) is 14.5 Å². The van der Waals surface area contributed by atoms with E-state index in [1.54, 1.807) is 19.2 Å². The van der Waals surface area contributed by atoms with Gasteiger partial charge in [0.25, 0.3) is 17.5 Å². The first-order valence-corrected chi connectivity index (χ1v) is 18.4.